The molecule has 3 aromatic heterocycles. The predicted octanol–water partition coefficient (Wildman–Crippen LogP) is 2.02. The highest BCUT2D eigenvalue weighted by Crippen LogP contribution is 2.29. The molecule has 1 unspecified atom stereocenters. The summed E-state index contributed by atoms with van der Waals surface area (Å²) in [6.07, 6.45) is 3.11. The van der Waals surface area contributed by atoms with E-state index in [-0.39, 0.29) is 5.91 Å². The maximum absolute atomic E-state index is 13.8. The third-order valence-corrected chi connectivity index (χ3v) is 8.21. The van der Waals surface area contributed by atoms with Gasteiger partial charge in [-0.2, -0.15) is 9.97 Å². The first-order chi connectivity index (χ1) is 18.6. The summed E-state index contributed by atoms with van der Waals surface area (Å²) < 4.78 is 9.50. The molecule has 7 rings (SSSR count). The molecule has 11 heteroatoms. The van der Waals surface area contributed by atoms with Crippen LogP contribution in [0.5, 0.6) is 0 Å². The maximum atomic E-state index is 13.8. The minimum atomic E-state index is -0.0335. The highest BCUT2D eigenvalue weighted by molar-refractivity contribution is 5.96. The summed E-state index contributed by atoms with van der Waals surface area (Å²) in [5.74, 6) is 2.56. The van der Waals surface area contributed by atoms with Crippen LogP contribution < -0.4 is 4.90 Å². The lowest BCUT2D eigenvalue weighted by molar-refractivity contribution is 0.0557. The first-order valence-electron chi connectivity index (χ1n) is 13.7. The first kappa shape index (κ1) is 23.5. The number of para-hydroxylation sites is 2. The number of fused-ring (bicyclic) bond motifs is 3. The second-order valence-corrected chi connectivity index (χ2v) is 10.4. The molecule has 1 aromatic carbocycles. The maximum Gasteiger partial charge on any atom is 0.290 e. The number of carbonyl (C=O) groups is 1. The molecule has 1 atom stereocenters. The van der Waals surface area contributed by atoms with Gasteiger partial charge in [-0.25, -0.2) is 9.97 Å². The molecule has 38 heavy (non-hydrogen) atoms. The molecule has 0 N–H and O–H groups in total. The van der Waals surface area contributed by atoms with Crippen LogP contribution in [0.4, 0.5) is 5.82 Å². The standard InChI is InChI=1S/C27H33N9O2/c1-3-21-28-19-8-4-5-9-20(19)36(21)27-30-23-22(24(31-27)34-13-15-38-16-14-34)29-25(32(23)2)26(37)35-12-11-33-10-6-7-18(33)17-35/h4-5,8-9,18H,3,6-7,10-17H2,1-2H3. The van der Waals surface area contributed by atoms with Gasteiger partial charge in [-0.3, -0.25) is 14.3 Å². The van der Waals surface area contributed by atoms with Gasteiger partial charge in [-0.15, -0.1) is 0 Å². The largest absolute Gasteiger partial charge is 0.378 e. The Labute approximate surface area is 221 Å². The SMILES string of the molecule is CCc1nc2ccccc2n1-c1nc(N2CCOCC2)c2nc(C(=O)N3CCN4CCCC4C3)n(C)c2n1. The highest BCUT2D eigenvalue weighted by atomic mass is 16.5. The molecule has 0 spiro atoms. The third kappa shape index (κ3) is 3.75. The number of ether oxygens (including phenoxy) is 1. The number of amides is 1. The summed E-state index contributed by atoms with van der Waals surface area (Å²) >= 11 is 0. The molecule has 0 bridgehead atoms. The predicted molar refractivity (Wildman–Crippen MR) is 144 cm³/mol. The van der Waals surface area contributed by atoms with Crippen LogP contribution in [-0.4, -0.2) is 103 Å². The summed E-state index contributed by atoms with van der Waals surface area (Å²) in [6, 6.07) is 8.51. The number of aromatic nitrogens is 6. The lowest BCUT2D eigenvalue weighted by Gasteiger charge is -2.37. The van der Waals surface area contributed by atoms with E-state index in [0.29, 0.717) is 55.3 Å². The van der Waals surface area contributed by atoms with Crippen LogP contribution >= 0.6 is 0 Å². The van der Waals surface area contributed by atoms with Gasteiger partial charge >= 0.3 is 0 Å². The van der Waals surface area contributed by atoms with Crippen molar-refractivity contribution in [2.75, 3.05) is 57.4 Å². The Morgan fingerprint density at radius 3 is 2.71 bits per heavy atom. The Hall–Kier alpha value is -3.57. The van der Waals surface area contributed by atoms with Gasteiger partial charge in [0.25, 0.3) is 5.91 Å². The summed E-state index contributed by atoms with van der Waals surface area (Å²) in [4.78, 5) is 40.3. The fourth-order valence-electron chi connectivity index (χ4n) is 6.18. The van der Waals surface area contributed by atoms with E-state index in [1.54, 1.807) is 0 Å². The Kier molecular flexibility index (Phi) is 5.77. The van der Waals surface area contributed by atoms with E-state index < -0.39 is 0 Å². The van der Waals surface area contributed by atoms with Crippen molar-refractivity contribution in [1.29, 1.82) is 0 Å². The lowest BCUT2D eigenvalue weighted by atomic mass is 10.1. The van der Waals surface area contributed by atoms with E-state index in [0.717, 1.165) is 61.7 Å². The average Bonchev–Trinajstić information content (AvgIpc) is 3.67. The first-order valence-corrected chi connectivity index (χ1v) is 13.7. The van der Waals surface area contributed by atoms with Gasteiger partial charge in [0.1, 0.15) is 5.82 Å². The number of nitrogens with zero attached hydrogens (tertiary/aromatic N) is 9. The van der Waals surface area contributed by atoms with Crippen LogP contribution in [-0.2, 0) is 18.2 Å². The Morgan fingerprint density at radius 1 is 1.03 bits per heavy atom. The summed E-state index contributed by atoms with van der Waals surface area (Å²) in [5, 5.41) is 0. The second kappa shape index (κ2) is 9.32. The molecule has 3 saturated heterocycles. The average molecular weight is 516 g/mol. The Bertz CT molecular complexity index is 1520. The number of hydrogen-bond donors (Lipinski definition) is 0. The second-order valence-electron chi connectivity index (χ2n) is 10.4. The van der Waals surface area contributed by atoms with Crippen molar-refractivity contribution >= 4 is 33.9 Å². The highest BCUT2D eigenvalue weighted by Gasteiger charge is 2.35. The zero-order valence-electron chi connectivity index (χ0n) is 22.0. The fourth-order valence-corrected chi connectivity index (χ4v) is 6.18. The molecule has 3 fully saturated rings. The van der Waals surface area contributed by atoms with Crippen LogP contribution in [0, 0.1) is 0 Å². The van der Waals surface area contributed by atoms with Gasteiger partial charge in [0.2, 0.25) is 11.8 Å². The van der Waals surface area contributed by atoms with Crippen molar-refractivity contribution in [3.63, 3.8) is 0 Å². The number of carbonyl (C=O) groups excluding carboxylic acids is 1. The van der Waals surface area contributed by atoms with Gasteiger partial charge in [0, 0.05) is 52.2 Å². The molecule has 1 amide bonds. The van der Waals surface area contributed by atoms with Gasteiger partial charge in [0.05, 0.1) is 24.2 Å². The number of anilines is 1. The van der Waals surface area contributed by atoms with E-state index in [4.69, 9.17) is 24.7 Å². The Balaban J connectivity index is 1.37. The van der Waals surface area contributed by atoms with Crippen LogP contribution in [0.3, 0.4) is 0 Å². The molecule has 0 aliphatic carbocycles. The quantitative estimate of drug-likeness (QED) is 0.407. The van der Waals surface area contributed by atoms with E-state index in [9.17, 15) is 4.79 Å². The molecular weight excluding hydrogens is 482 g/mol. The molecule has 3 aliphatic heterocycles. The summed E-state index contributed by atoms with van der Waals surface area (Å²) in [5.41, 5.74) is 3.18. The van der Waals surface area contributed by atoms with Crippen molar-refractivity contribution < 1.29 is 9.53 Å². The molecule has 0 saturated carbocycles. The smallest absolute Gasteiger partial charge is 0.290 e. The van der Waals surface area contributed by atoms with Crippen LogP contribution in [0.2, 0.25) is 0 Å². The van der Waals surface area contributed by atoms with Crippen LogP contribution in [0.15, 0.2) is 24.3 Å². The molecule has 3 aliphatic rings. The van der Waals surface area contributed by atoms with E-state index in [1.807, 2.05) is 45.3 Å². The number of piperazine rings is 1. The minimum Gasteiger partial charge on any atom is -0.378 e. The number of imidazole rings is 2. The third-order valence-electron chi connectivity index (χ3n) is 8.21. The summed E-state index contributed by atoms with van der Waals surface area (Å²) in [7, 11) is 1.89. The molecule has 4 aromatic rings. The minimum absolute atomic E-state index is 0.0335. The fraction of sp³-hybridized carbons (Fsp3) is 0.519. The molecular formula is C27H33N9O2. The van der Waals surface area contributed by atoms with Gasteiger partial charge < -0.3 is 19.1 Å². The van der Waals surface area contributed by atoms with Crippen molar-refractivity contribution in [2.24, 2.45) is 7.05 Å². The van der Waals surface area contributed by atoms with E-state index in [2.05, 4.69) is 16.7 Å². The lowest BCUT2D eigenvalue weighted by Crippen LogP contribution is -2.52. The van der Waals surface area contributed by atoms with Crippen molar-refractivity contribution in [3.8, 4) is 5.95 Å². The molecule has 11 nitrogen and oxygen atoms in total. The molecule has 198 valence electrons. The summed E-state index contributed by atoms with van der Waals surface area (Å²) in [6.45, 7) is 8.31. The topological polar surface area (TPSA) is 97.4 Å². The normalized spacial score (nSPS) is 20.5. The van der Waals surface area contributed by atoms with E-state index in [1.165, 1.54) is 6.42 Å². The van der Waals surface area contributed by atoms with Crippen molar-refractivity contribution in [1.82, 2.24) is 38.9 Å². The Morgan fingerprint density at radius 2 is 1.87 bits per heavy atom. The van der Waals surface area contributed by atoms with Gasteiger partial charge in [-0.05, 0) is 31.5 Å². The molecule has 0 radical (unpaired) electrons. The number of aryl methyl sites for hydroxylation is 2. The zero-order chi connectivity index (χ0) is 25.8. The number of rotatable bonds is 4. The molecule has 6 heterocycles. The van der Waals surface area contributed by atoms with Crippen molar-refractivity contribution in [2.45, 2.75) is 32.2 Å². The monoisotopic (exact) mass is 515 g/mol. The zero-order valence-corrected chi connectivity index (χ0v) is 22.0. The van der Waals surface area contributed by atoms with Gasteiger partial charge in [-0.1, -0.05) is 19.1 Å². The van der Waals surface area contributed by atoms with Crippen molar-refractivity contribution in [3.05, 3.63) is 35.9 Å². The van der Waals surface area contributed by atoms with E-state index >= 15 is 0 Å². The number of hydrogen-bond acceptors (Lipinski definition) is 8. The van der Waals surface area contributed by atoms with Crippen LogP contribution in [0.25, 0.3) is 28.1 Å². The van der Waals surface area contributed by atoms with Crippen LogP contribution in [0.1, 0.15) is 36.2 Å². The number of morpholine rings is 1. The van der Waals surface area contributed by atoms with Gasteiger partial charge in [0.15, 0.2) is 17.0 Å². The number of benzene rings is 1.